The maximum absolute atomic E-state index is 5.48. The SMILES string of the molecule is Cc1cccnc1-c1nc(N)nc(N)n1. The van der Waals surface area contributed by atoms with Crippen LogP contribution in [0.25, 0.3) is 11.5 Å². The van der Waals surface area contributed by atoms with Gasteiger partial charge < -0.3 is 11.5 Å². The molecule has 0 amide bonds. The van der Waals surface area contributed by atoms with Crippen molar-refractivity contribution < 1.29 is 0 Å². The van der Waals surface area contributed by atoms with Crippen LogP contribution in [0.5, 0.6) is 0 Å². The van der Waals surface area contributed by atoms with Gasteiger partial charge in [0.15, 0.2) is 5.82 Å². The zero-order valence-electron chi connectivity index (χ0n) is 8.18. The minimum Gasteiger partial charge on any atom is -0.368 e. The van der Waals surface area contributed by atoms with Gasteiger partial charge in [-0.3, -0.25) is 4.98 Å². The molecule has 0 saturated carbocycles. The third-order valence-corrected chi connectivity index (χ3v) is 1.89. The first-order chi connectivity index (χ1) is 7.16. The average molecular weight is 202 g/mol. The standard InChI is InChI=1S/C9H10N6/c1-5-3-2-4-12-6(5)7-13-8(10)15-9(11)14-7/h2-4H,1H3,(H4,10,11,13,14,15). The van der Waals surface area contributed by atoms with Crippen molar-refractivity contribution in [2.24, 2.45) is 0 Å². The highest BCUT2D eigenvalue weighted by Gasteiger charge is 2.08. The van der Waals surface area contributed by atoms with E-state index in [-0.39, 0.29) is 11.9 Å². The van der Waals surface area contributed by atoms with E-state index in [1.807, 2.05) is 19.1 Å². The molecule has 0 spiro atoms. The third kappa shape index (κ3) is 1.83. The van der Waals surface area contributed by atoms with Gasteiger partial charge in [-0.05, 0) is 18.6 Å². The molecule has 0 radical (unpaired) electrons. The summed E-state index contributed by atoms with van der Waals surface area (Å²) in [5.41, 5.74) is 12.6. The van der Waals surface area contributed by atoms with Crippen molar-refractivity contribution in [2.75, 3.05) is 11.5 Å². The number of aryl methyl sites for hydroxylation is 1. The third-order valence-electron chi connectivity index (χ3n) is 1.89. The lowest BCUT2D eigenvalue weighted by Gasteiger charge is -2.03. The average Bonchev–Trinajstić information content (AvgIpc) is 2.16. The van der Waals surface area contributed by atoms with Crippen molar-refractivity contribution in [3.05, 3.63) is 23.9 Å². The zero-order valence-corrected chi connectivity index (χ0v) is 8.18. The van der Waals surface area contributed by atoms with Crippen molar-refractivity contribution in [3.8, 4) is 11.5 Å². The first kappa shape index (κ1) is 9.32. The Morgan fingerprint density at radius 2 is 1.73 bits per heavy atom. The van der Waals surface area contributed by atoms with E-state index in [4.69, 9.17) is 11.5 Å². The topological polar surface area (TPSA) is 104 Å². The Morgan fingerprint density at radius 1 is 1.07 bits per heavy atom. The number of hydrogen-bond acceptors (Lipinski definition) is 6. The van der Waals surface area contributed by atoms with Crippen molar-refractivity contribution in [1.82, 2.24) is 19.9 Å². The van der Waals surface area contributed by atoms with Crippen LogP contribution in [0.15, 0.2) is 18.3 Å². The molecule has 6 nitrogen and oxygen atoms in total. The normalized spacial score (nSPS) is 10.2. The van der Waals surface area contributed by atoms with E-state index < -0.39 is 0 Å². The van der Waals surface area contributed by atoms with Gasteiger partial charge in [0.25, 0.3) is 0 Å². The summed E-state index contributed by atoms with van der Waals surface area (Å²) in [5, 5.41) is 0. The fourth-order valence-electron chi connectivity index (χ4n) is 1.24. The van der Waals surface area contributed by atoms with Gasteiger partial charge in [-0.2, -0.15) is 15.0 Å². The van der Waals surface area contributed by atoms with Gasteiger partial charge >= 0.3 is 0 Å². The monoisotopic (exact) mass is 202 g/mol. The van der Waals surface area contributed by atoms with E-state index in [0.717, 1.165) is 5.56 Å². The Morgan fingerprint density at radius 3 is 2.33 bits per heavy atom. The lowest BCUT2D eigenvalue weighted by molar-refractivity contribution is 1.06. The minimum absolute atomic E-state index is 0.0996. The number of aromatic nitrogens is 4. The highest BCUT2D eigenvalue weighted by atomic mass is 15.1. The van der Waals surface area contributed by atoms with Crippen LogP contribution < -0.4 is 11.5 Å². The fraction of sp³-hybridized carbons (Fsp3) is 0.111. The van der Waals surface area contributed by atoms with Crippen LogP contribution in [0, 0.1) is 6.92 Å². The number of nitrogens with zero attached hydrogens (tertiary/aromatic N) is 4. The number of nitrogens with two attached hydrogens (primary N) is 2. The smallest absolute Gasteiger partial charge is 0.225 e. The van der Waals surface area contributed by atoms with Crippen molar-refractivity contribution >= 4 is 11.9 Å². The molecule has 0 unspecified atom stereocenters. The lowest BCUT2D eigenvalue weighted by Crippen LogP contribution is -2.05. The molecule has 2 aromatic rings. The molecule has 0 aliphatic carbocycles. The largest absolute Gasteiger partial charge is 0.368 e. The van der Waals surface area contributed by atoms with Crippen molar-refractivity contribution in [2.45, 2.75) is 6.92 Å². The summed E-state index contributed by atoms with van der Waals surface area (Å²) >= 11 is 0. The van der Waals surface area contributed by atoms with E-state index in [1.165, 1.54) is 0 Å². The van der Waals surface area contributed by atoms with Crippen LogP contribution >= 0.6 is 0 Å². The molecule has 0 bridgehead atoms. The maximum Gasteiger partial charge on any atom is 0.225 e. The van der Waals surface area contributed by atoms with Crippen LogP contribution in [-0.4, -0.2) is 19.9 Å². The fourth-order valence-corrected chi connectivity index (χ4v) is 1.24. The van der Waals surface area contributed by atoms with Crippen molar-refractivity contribution in [1.29, 1.82) is 0 Å². The molecule has 0 aliphatic rings. The Labute approximate surface area is 86.4 Å². The molecule has 6 heteroatoms. The van der Waals surface area contributed by atoms with E-state index in [9.17, 15) is 0 Å². The van der Waals surface area contributed by atoms with Crippen LogP contribution in [-0.2, 0) is 0 Å². The molecule has 0 saturated heterocycles. The number of rotatable bonds is 1. The van der Waals surface area contributed by atoms with Crippen LogP contribution in [0.4, 0.5) is 11.9 Å². The van der Waals surface area contributed by atoms with Gasteiger partial charge in [0.1, 0.15) is 5.69 Å². The molecule has 4 N–H and O–H groups in total. The van der Waals surface area contributed by atoms with Gasteiger partial charge in [0, 0.05) is 6.20 Å². The molecule has 0 fully saturated rings. The van der Waals surface area contributed by atoms with Crippen LogP contribution in [0.1, 0.15) is 5.56 Å². The summed E-state index contributed by atoms with van der Waals surface area (Å²) < 4.78 is 0. The van der Waals surface area contributed by atoms with Gasteiger partial charge in [0.2, 0.25) is 11.9 Å². The van der Waals surface area contributed by atoms with E-state index in [2.05, 4.69) is 19.9 Å². The second-order valence-electron chi connectivity index (χ2n) is 3.04. The molecular formula is C9H10N6. The second-order valence-corrected chi connectivity index (χ2v) is 3.04. The first-order valence-corrected chi connectivity index (χ1v) is 4.36. The quantitative estimate of drug-likeness (QED) is 0.694. The summed E-state index contributed by atoms with van der Waals surface area (Å²) in [4.78, 5) is 15.8. The Hall–Kier alpha value is -2.24. The Balaban J connectivity index is 2.59. The molecule has 0 aromatic carbocycles. The summed E-state index contributed by atoms with van der Waals surface area (Å²) in [7, 11) is 0. The minimum atomic E-state index is 0.0996. The zero-order chi connectivity index (χ0) is 10.8. The molecule has 15 heavy (non-hydrogen) atoms. The van der Waals surface area contributed by atoms with Gasteiger partial charge in [-0.25, -0.2) is 0 Å². The summed E-state index contributed by atoms with van der Waals surface area (Å²) in [6.07, 6.45) is 1.67. The van der Waals surface area contributed by atoms with Crippen LogP contribution in [0.3, 0.4) is 0 Å². The highest BCUT2D eigenvalue weighted by Crippen LogP contribution is 2.16. The van der Waals surface area contributed by atoms with Gasteiger partial charge in [-0.1, -0.05) is 6.07 Å². The van der Waals surface area contributed by atoms with E-state index >= 15 is 0 Å². The Bertz CT molecular complexity index is 475. The summed E-state index contributed by atoms with van der Waals surface area (Å²) in [5.74, 6) is 0.600. The molecule has 2 rings (SSSR count). The van der Waals surface area contributed by atoms with Gasteiger partial charge in [0.05, 0.1) is 0 Å². The highest BCUT2D eigenvalue weighted by molar-refractivity contribution is 5.56. The van der Waals surface area contributed by atoms with Crippen LogP contribution in [0.2, 0.25) is 0 Å². The number of nitrogen functional groups attached to an aromatic ring is 2. The molecular weight excluding hydrogens is 192 g/mol. The van der Waals surface area contributed by atoms with Gasteiger partial charge in [-0.15, -0.1) is 0 Å². The predicted molar refractivity (Wildman–Crippen MR) is 56.6 cm³/mol. The number of anilines is 2. The Kier molecular flexibility index (Phi) is 2.17. The molecule has 2 aromatic heterocycles. The maximum atomic E-state index is 5.48. The summed E-state index contributed by atoms with van der Waals surface area (Å²) in [6, 6.07) is 3.76. The molecule has 0 atom stereocenters. The second kappa shape index (κ2) is 3.49. The van der Waals surface area contributed by atoms with E-state index in [0.29, 0.717) is 11.5 Å². The predicted octanol–water partition coefficient (Wildman–Crippen LogP) is 0.406. The van der Waals surface area contributed by atoms with Crippen molar-refractivity contribution in [3.63, 3.8) is 0 Å². The molecule has 76 valence electrons. The summed E-state index contributed by atoms with van der Waals surface area (Å²) in [6.45, 7) is 1.92. The lowest BCUT2D eigenvalue weighted by atomic mass is 10.2. The number of pyridine rings is 1. The molecule has 2 heterocycles. The first-order valence-electron chi connectivity index (χ1n) is 4.36. The molecule has 0 aliphatic heterocycles. The number of hydrogen-bond donors (Lipinski definition) is 2. The van der Waals surface area contributed by atoms with E-state index in [1.54, 1.807) is 6.20 Å².